The second kappa shape index (κ2) is 5.38. The van der Waals surface area contributed by atoms with Crippen molar-refractivity contribution in [3.05, 3.63) is 28.8 Å². The van der Waals surface area contributed by atoms with Crippen LogP contribution < -0.4 is 4.90 Å². The van der Waals surface area contributed by atoms with Gasteiger partial charge in [-0.1, -0.05) is 11.6 Å². The number of carboxylic acid groups (broad SMARTS) is 1. The fourth-order valence-corrected chi connectivity index (χ4v) is 1.52. The summed E-state index contributed by atoms with van der Waals surface area (Å²) in [4.78, 5) is 12.6. The van der Waals surface area contributed by atoms with Crippen LogP contribution in [-0.4, -0.2) is 24.7 Å². The Bertz CT molecular complexity index is 440. The Morgan fingerprint density at radius 1 is 1.62 bits per heavy atom. The highest BCUT2D eigenvalue weighted by Crippen LogP contribution is 2.23. The van der Waals surface area contributed by atoms with Crippen molar-refractivity contribution in [3.8, 4) is 6.07 Å². The van der Waals surface area contributed by atoms with Crippen LogP contribution in [0.1, 0.15) is 16.8 Å². The first-order valence-electron chi connectivity index (χ1n) is 4.67. The van der Waals surface area contributed by atoms with E-state index in [1.165, 1.54) is 6.07 Å². The SMILES string of the molecule is CN(CCC#N)c1ccc(C(=O)O)c(Cl)c1. The Morgan fingerprint density at radius 2 is 2.31 bits per heavy atom. The predicted molar refractivity (Wildman–Crippen MR) is 61.9 cm³/mol. The molecule has 0 radical (unpaired) electrons. The first-order chi connectivity index (χ1) is 7.56. The van der Waals surface area contributed by atoms with Crippen LogP contribution in [0, 0.1) is 11.3 Å². The quantitative estimate of drug-likeness (QED) is 0.875. The maximum atomic E-state index is 10.7. The van der Waals surface area contributed by atoms with Gasteiger partial charge in [-0.3, -0.25) is 0 Å². The monoisotopic (exact) mass is 238 g/mol. The zero-order valence-electron chi connectivity index (χ0n) is 8.77. The second-order valence-electron chi connectivity index (χ2n) is 3.30. The van der Waals surface area contributed by atoms with E-state index in [4.69, 9.17) is 22.0 Å². The van der Waals surface area contributed by atoms with Crippen LogP contribution in [0.4, 0.5) is 5.69 Å². The summed E-state index contributed by atoms with van der Waals surface area (Å²) >= 11 is 5.83. The number of carbonyl (C=O) groups is 1. The summed E-state index contributed by atoms with van der Waals surface area (Å²) in [5, 5.41) is 17.5. The molecule has 0 atom stereocenters. The minimum atomic E-state index is -1.05. The minimum absolute atomic E-state index is 0.0825. The molecule has 84 valence electrons. The van der Waals surface area contributed by atoms with E-state index in [1.807, 2.05) is 18.0 Å². The van der Waals surface area contributed by atoms with Gasteiger partial charge in [0.2, 0.25) is 0 Å². The van der Waals surface area contributed by atoms with Crippen molar-refractivity contribution in [1.82, 2.24) is 0 Å². The number of carboxylic acids is 1. The Balaban J connectivity index is 2.89. The van der Waals surface area contributed by atoms with Crippen LogP contribution in [0.2, 0.25) is 5.02 Å². The van der Waals surface area contributed by atoms with Gasteiger partial charge in [-0.15, -0.1) is 0 Å². The Kier molecular flexibility index (Phi) is 4.15. The van der Waals surface area contributed by atoms with E-state index in [0.717, 1.165) is 5.69 Å². The summed E-state index contributed by atoms with van der Waals surface area (Å²) in [6.45, 7) is 0.583. The van der Waals surface area contributed by atoms with Gasteiger partial charge in [0.25, 0.3) is 0 Å². The van der Waals surface area contributed by atoms with Gasteiger partial charge in [0.1, 0.15) is 0 Å². The average molecular weight is 239 g/mol. The predicted octanol–water partition coefficient (Wildman–Crippen LogP) is 2.39. The number of nitriles is 1. The number of halogens is 1. The molecule has 0 saturated heterocycles. The number of hydrogen-bond donors (Lipinski definition) is 1. The second-order valence-corrected chi connectivity index (χ2v) is 3.71. The zero-order valence-corrected chi connectivity index (χ0v) is 9.53. The normalized spacial score (nSPS) is 9.56. The van der Waals surface area contributed by atoms with Crippen LogP contribution in [0.3, 0.4) is 0 Å². The number of aromatic carboxylic acids is 1. The lowest BCUT2D eigenvalue weighted by Crippen LogP contribution is -2.18. The third-order valence-electron chi connectivity index (χ3n) is 2.18. The fraction of sp³-hybridized carbons (Fsp3) is 0.273. The number of rotatable bonds is 4. The first-order valence-corrected chi connectivity index (χ1v) is 5.05. The van der Waals surface area contributed by atoms with Gasteiger partial charge in [0.05, 0.1) is 23.1 Å². The Hall–Kier alpha value is -1.73. The summed E-state index contributed by atoms with van der Waals surface area (Å²) in [5.41, 5.74) is 0.879. The topological polar surface area (TPSA) is 64.3 Å². The van der Waals surface area contributed by atoms with Crippen LogP contribution in [0.25, 0.3) is 0 Å². The van der Waals surface area contributed by atoms with Crippen LogP contribution >= 0.6 is 11.6 Å². The molecule has 0 bridgehead atoms. The van der Waals surface area contributed by atoms with Crippen molar-refractivity contribution in [3.63, 3.8) is 0 Å². The van der Waals surface area contributed by atoms with Crippen molar-refractivity contribution in [2.45, 2.75) is 6.42 Å². The molecule has 0 unspecified atom stereocenters. The molecule has 0 amide bonds. The first kappa shape index (κ1) is 12.3. The number of nitrogens with zero attached hydrogens (tertiary/aromatic N) is 2. The van der Waals surface area contributed by atoms with Crippen LogP contribution in [-0.2, 0) is 0 Å². The number of hydrogen-bond acceptors (Lipinski definition) is 3. The van der Waals surface area contributed by atoms with Gasteiger partial charge in [0.15, 0.2) is 0 Å². The van der Waals surface area contributed by atoms with Crippen LogP contribution in [0.5, 0.6) is 0 Å². The van der Waals surface area contributed by atoms with Gasteiger partial charge < -0.3 is 10.0 Å². The summed E-state index contributed by atoms with van der Waals surface area (Å²) in [6.07, 6.45) is 0.412. The lowest BCUT2D eigenvalue weighted by molar-refractivity contribution is 0.0697. The lowest BCUT2D eigenvalue weighted by atomic mass is 10.2. The van der Waals surface area contributed by atoms with Crippen molar-refractivity contribution in [2.24, 2.45) is 0 Å². The molecular weight excluding hydrogens is 228 g/mol. The zero-order chi connectivity index (χ0) is 12.1. The number of anilines is 1. The molecule has 0 aliphatic rings. The molecule has 0 aliphatic heterocycles. The summed E-state index contributed by atoms with van der Waals surface area (Å²) in [6, 6.07) is 6.76. The molecule has 0 spiro atoms. The molecule has 16 heavy (non-hydrogen) atoms. The van der Waals surface area contributed by atoms with Crippen molar-refractivity contribution >= 4 is 23.3 Å². The lowest BCUT2D eigenvalue weighted by Gasteiger charge is -2.18. The highest BCUT2D eigenvalue weighted by Gasteiger charge is 2.10. The van der Waals surface area contributed by atoms with Gasteiger partial charge in [-0.2, -0.15) is 5.26 Å². The molecule has 1 aromatic carbocycles. The van der Waals surface area contributed by atoms with E-state index in [0.29, 0.717) is 13.0 Å². The van der Waals surface area contributed by atoms with Gasteiger partial charge in [-0.05, 0) is 18.2 Å². The third kappa shape index (κ3) is 2.88. The fourth-order valence-electron chi connectivity index (χ4n) is 1.26. The van der Waals surface area contributed by atoms with Crippen LogP contribution in [0.15, 0.2) is 18.2 Å². The van der Waals surface area contributed by atoms with E-state index < -0.39 is 5.97 Å². The molecule has 1 rings (SSSR count). The number of benzene rings is 1. The maximum absolute atomic E-state index is 10.7. The molecule has 0 fully saturated rings. The van der Waals surface area contributed by atoms with Crippen molar-refractivity contribution < 1.29 is 9.90 Å². The molecule has 0 saturated carbocycles. The molecule has 0 heterocycles. The molecular formula is C11H11ClN2O2. The van der Waals surface area contributed by atoms with Gasteiger partial charge in [0, 0.05) is 19.3 Å². The Morgan fingerprint density at radius 3 is 2.81 bits per heavy atom. The average Bonchev–Trinajstić information content (AvgIpc) is 2.25. The summed E-state index contributed by atoms with van der Waals surface area (Å²) in [7, 11) is 1.82. The van der Waals surface area contributed by atoms with E-state index in [-0.39, 0.29) is 10.6 Å². The Labute approximate surface area is 98.7 Å². The third-order valence-corrected chi connectivity index (χ3v) is 2.50. The standard InChI is InChI=1S/C11H11ClN2O2/c1-14(6-2-5-13)8-3-4-9(11(15)16)10(12)7-8/h3-4,7H,2,6H2,1H3,(H,15,16). The molecule has 0 aliphatic carbocycles. The van der Waals surface area contributed by atoms with E-state index in [1.54, 1.807) is 12.1 Å². The largest absolute Gasteiger partial charge is 0.478 e. The van der Waals surface area contributed by atoms with Crippen molar-refractivity contribution in [2.75, 3.05) is 18.5 Å². The van der Waals surface area contributed by atoms with Gasteiger partial charge in [-0.25, -0.2) is 4.79 Å². The molecule has 5 heteroatoms. The summed E-state index contributed by atoms with van der Waals surface area (Å²) in [5.74, 6) is -1.05. The van der Waals surface area contributed by atoms with Gasteiger partial charge >= 0.3 is 5.97 Å². The molecule has 4 nitrogen and oxygen atoms in total. The molecule has 1 N–H and O–H groups in total. The smallest absolute Gasteiger partial charge is 0.337 e. The summed E-state index contributed by atoms with van der Waals surface area (Å²) < 4.78 is 0. The maximum Gasteiger partial charge on any atom is 0.337 e. The minimum Gasteiger partial charge on any atom is -0.478 e. The van der Waals surface area contributed by atoms with E-state index in [9.17, 15) is 4.79 Å². The van der Waals surface area contributed by atoms with E-state index in [2.05, 4.69) is 0 Å². The van der Waals surface area contributed by atoms with Crippen molar-refractivity contribution in [1.29, 1.82) is 5.26 Å². The highest BCUT2D eigenvalue weighted by molar-refractivity contribution is 6.33. The molecule has 1 aromatic rings. The molecule has 0 aromatic heterocycles. The van der Waals surface area contributed by atoms with E-state index >= 15 is 0 Å². The highest BCUT2D eigenvalue weighted by atomic mass is 35.5.